The Morgan fingerprint density at radius 2 is 1.46 bits per heavy atom. The van der Waals surface area contributed by atoms with Crippen molar-refractivity contribution in [3.8, 4) is 0 Å². The molecule has 0 aliphatic heterocycles. The molecule has 28 heavy (non-hydrogen) atoms. The molecule has 0 heterocycles. The third-order valence-corrected chi connectivity index (χ3v) is 24.0. The van der Waals surface area contributed by atoms with Gasteiger partial charge in [0, 0.05) is 0 Å². The third-order valence-electron chi connectivity index (χ3n) is 6.61. The quantitative estimate of drug-likeness (QED) is 0.355. The van der Waals surface area contributed by atoms with Gasteiger partial charge in [-0.2, -0.15) is 0 Å². The SMILES string of the molecule is CC(C)(C)C1=CC=[C]([Zr]([CH3])([CH3])(=[SiH2])[CH]2C=C(C(C)(C)C)c3ccccc32)C1.Cl.Cl. The smallest absolute Gasteiger partial charge is 0.147 e. The van der Waals surface area contributed by atoms with Gasteiger partial charge in [0.1, 0.15) is 0 Å². The van der Waals surface area contributed by atoms with Gasteiger partial charge in [-0.3, -0.25) is 0 Å². The van der Waals surface area contributed by atoms with Crippen molar-refractivity contribution in [1.29, 1.82) is 0 Å². The average molecular weight is 517 g/mol. The van der Waals surface area contributed by atoms with Gasteiger partial charge < -0.3 is 0 Å². The van der Waals surface area contributed by atoms with E-state index in [1.807, 2.05) is 0 Å². The van der Waals surface area contributed by atoms with Crippen molar-refractivity contribution in [2.24, 2.45) is 10.8 Å². The maximum absolute atomic E-state index is 3.13. The van der Waals surface area contributed by atoms with Crippen LogP contribution in [0.1, 0.15) is 62.7 Å². The van der Waals surface area contributed by atoms with Gasteiger partial charge in [0.05, 0.1) is 0 Å². The normalized spacial score (nSPS) is 19.8. The molecule has 4 heteroatoms. The Labute approximate surface area is 187 Å². The number of rotatable bonds is 2. The van der Waals surface area contributed by atoms with E-state index < -0.39 is 17.4 Å². The molecule has 0 amide bonds. The minimum atomic E-state index is -3.13. The molecule has 0 saturated heterocycles. The zero-order valence-electron chi connectivity index (χ0n) is 18.8. The fourth-order valence-corrected chi connectivity index (χ4v) is 17.2. The van der Waals surface area contributed by atoms with Gasteiger partial charge in [0.25, 0.3) is 0 Å². The summed E-state index contributed by atoms with van der Waals surface area (Å²) in [5.41, 5.74) is 6.73. The first-order chi connectivity index (χ1) is 11.7. The van der Waals surface area contributed by atoms with Crippen LogP contribution in [0.5, 0.6) is 0 Å². The van der Waals surface area contributed by atoms with Crippen molar-refractivity contribution >= 4 is 37.3 Å². The van der Waals surface area contributed by atoms with Gasteiger partial charge in [-0.25, -0.2) is 0 Å². The van der Waals surface area contributed by atoms with Crippen LogP contribution in [0.25, 0.3) is 5.57 Å². The Bertz CT molecular complexity index is 915. The first kappa shape index (κ1) is 26.2. The summed E-state index contributed by atoms with van der Waals surface area (Å²) in [7, 11) is 0. The standard InChI is InChI=1S/C13H15.C9H13.2CH3.2ClH.H2Si.Zr/c1-13(2,3)12-9-8-10-6-4-5-7-11(10)12;1-9(2,3)8-6-4-5-7-8;;;;;;/h4-9H,1-3H3;4,6H,7H2,1-3H3;2*1H3;2*1H;1H2;. The van der Waals surface area contributed by atoms with Crippen LogP contribution in [0.15, 0.2) is 51.3 Å². The predicted molar refractivity (Wildman–Crippen MR) is 132 cm³/mol. The maximum atomic E-state index is 2.68. The van der Waals surface area contributed by atoms with Crippen LogP contribution in [0.3, 0.4) is 0 Å². The van der Waals surface area contributed by atoms with E-state index in [1.165, 1.54) is 12.0 Å². The van der Waals surface area contributed by atoms with Crippen molar-refractivity contribution in [3.63, 3.8) is 0 Å². The van der Waals surface area contributed by atoms with Crippen molar-refractivity contribution in [2.75, 3.05) is 0 Å². The van der Waals surface area contributed by atoms with E-state index in [0.29, 0.717) is 3.63 Å². The number of benzene rings is 1. The Kier molecular flexibility index (Phi) is 7.46. The molecule has 0 fully saturated rings. The van der Waals surface area contributed by atoms with Gasteiger partial charge in [-0.1, -0.05) is 0 Å². The van der Waals surface area contributed by atoms with Crippen molar-refractivity contribution < 1.29 is 17.4 Å². The van der Waals surface area contributed by atoms with Crippen LogP contribution in [0.4, 0.5) is 0 Å². The average Bonchev–Trinajstić information content (AvgIpc) is 3.12. The van der Waals surface area contributed by atoms with E-state index in [1.54, 1.807) is 20.0 Å². The molecule has 1 unspecified atom stereocenters. The summed E-state index contributed by atoms with van der Waals surface area (Å²) < 4.78 is 7.75. The first-order valence-electron chi connectivity index (χ1n) is 10.00. The van der Waals surface area contributed by atoms with Crippen molar-refractivity contribution in [2.45, 2.75) is 60.9 Å². The van der Waals surface area contributed by atoms with Crippen molar-refractivity contribution in [1.82, 2.24) is 0 Å². The monoisotopic (exact) mass is 514 g/mol. The molecule has 0 bridgehead atoms. The largest absolute Gasteiger partial charge is 0.147 e. The summed E-state index contributed by atoms with van der Waals surface area (Å²) in [6.45, 7) is 16.5. The second kappa shape index (κ2) is 7.99. The zero-order valence-corrected chi connectivity index (χ0v) is 24.4. The topological polar surface area (TPSA) is 0 Å². The second-order valence-electron chi connectivity index (χ2n) is 11.5. The van der Waals surface area contributed by atoms with E-state index >= 15 is 0 Å². The minimum absolute atomic E-state index is 0. The minimum Gasteiger partial charge on any atom is -0.147 e. The molecule has 2 aliphatic carbocycles. The van der Waals surface area contributed by atoms with Crippen LogP contribution in [0, 0.1) is 10.8 Å². The van der Waals surface area contributed by atoms with E-state index in [0.717, 1.165) is 0 Å². The van der Waals surface area contributed by atoms with Crippen molar-refractivity contribution in [3.05, 3.63) is 62.5 Å². The van der Waals surface area contributed by atoms with Gasteiger partial charge in [-0.05, 0) is 0 Å². The molecule has 1 atom stereocenters. The van der Waals surface area contributed by atoms with Gasteiger partial charge in [-0.15, -0.1) is 24.8 Å². The number of allylic oxidation sites excluding steroid dienone is 6. The second-order valence-corrected chi connectivity index (χ2v) is 41.3. The van der Waals surface area contributed by atoms with Crippen LogP contribution < -0.4 is 0 Å². The number of fused-ring (bicyclic) bond motifs is 1. The number of hydrogen-bond donors (Lipinski definition) is 0. The molecule has 1 aromatic rings. The van der Waals surface area contributed by atoms with Crippen LogP contribution in [0.2, 0.25) is 9.26 Å². The molecule has 3 rings (SSSR count). The fraction of sp³-hybridized carbons (Fsp3) is 0.500. The summed E-state index contributed by atoms with van der Waals surface area (Å²) in [4.78, 5) is 0. The maximum Gasteiger partial charge on any atom is -0.147 e. The molecule has 0 aromatic heterocycles. The molecular formula is C24H38Cl2SiZr. The van der Waals surface area contributed by atoms with E-state index in [-0.39, 0.29) is 35.6 Å². The molecule has 0 spiro atoms. The zero-order chi connectivity index (χ0) is 19.6. The summed E-state index contributed by atoms with van der Waals surface area (Å²) in [5, 5.41) is 0. The Morgan fingerprint density at radius 1 is 0.893 bits per heavy atom. The van der Waals surface area contributed by atoms with Crippen LogP contribution in [-0.2, 0) is 17.4 Å². The van der Waals surface area contributed by atoms with Gasteiger partial charge >= 0.3 is 164 Å². The Morgan fingerprint density at radius 3 is 1.96 bits per heavy atom. The molecule has 0 N–H and O–H groups in total. The molecule has 0 saturated carbocycles. The van der Waals surface area contributed by atoms with Crippen LogP contribution in [-0.4, -0.2) is 6.88 Å². The summed E-state index contributed by atoms with van der Waals surface area (Å²) in [6.07, 6.45) is 8.80. The third kappa shape index (κ3) is 4.56. The van der Waals surface area contributed by atoms with Gasteiger partial charge in [0.2, 0.25) is 0 Å². The fourth-order valence-electron chi connectivity index (χ4n) is 4.58. The Hall–Kier alpha value is 0.120. The van der Waals surface area contributed by atoms with E-state index in [4.69, 9.17) is 0 Å². The van der Waals surface area contributed by atoms with E-state index in [9.17, 15) is 0 Å². The molecule has 1 aromatic carbocycles. The number of hydrogen-bond acceptors (Lipinski definition) is 0. The summed E-state index contributed by atoms with van der Waals surface area (Å²) >= 11 is -3.13. The molecule has 156 valence electrons. The summed E-state index contributed by atoms with van der Waals surface area (Å²) in [5.74, 6) is 0. The predicted octanol–water partition coefficient (Wildman–Crippen LogP) is 7.61. The first-order valence-corrected chi connectivity index (χ1v) is 23.5. The molecule has 0 radical (unpaired) electrons. The number of halogens is 2. The van der Waals surface area contributed by atoms with Gasteiger partial charge in [0.15, 0.2) is 0 Å². The molecular weight excluding hydrogens is 478 g/mol. The van der Waals surface area contributed by atoms with E-state index in [2.05, 4.69) is 100 Å². The van der Waals surface area contributed by atoms with Crippen LogP contribution >= 0.6 is 24.8 Å². The Balaban J connectivity index is 0.00000196. The molecule has 2 aliphatic rings. The molecule has 0 nitrogen and oxygen atoms in total. The summed E-state index contributed by atoms with van der Waals surface area (Å²) in [6, 6.07) is 9.20.